The van der Waals surface area contributed by atoms with Crippen molar-refractivity contribution in [3.63, 3.8) is 0 Å². The Hall–Kier alpha value is -19.3. The maximum absolute atomic E-state index is 14.7. The second-order valence-corrected chi connectivity index (χ2v) is 33.5. The van der Waals surface area contributed by atoms with Crippen molar-refractivity contribution in [2.75, 3.05) is 0 Å². The number of pyridine rings is 4. The SMILES string of the molecule is O=c1c2ccncc2c2cc3c(cc2c(=O)n1-c1ccccc1)c1ccccc1n3-c1ccccc1.O=c1c2ccncc2c2ccc3c4ccccc4oc3c2c(=O)n1-c1ccccc1.O=c1c2cnccc2c2cc3oc4ccccc4c3cc2c(=O)n1-c1ccccc1.O=c1c2ncccc2c2ccc3c(c4ccccc4n3-c3ccccc3)c2c(=O)n1-c1ccc(-c2ccccc2)cc1. The quantitative estimate of drug-likeness (QED) is 0.144. The molecule has 12 heterocycles. The lowest BCUT2D eigenvalue weighted by Crippen LogP contribution is -2.28. The van der Waals surface area contributed by atoms with E-state index in [1.807, 2.05) is 261 Å². The van der Waals surface area contributed by atoms with Crippen LogP contribution >= 0.6 is 0 Å². The molecular formula is C118H70N10O10. The van der Waals surface area contributed by atoms with E-state index in [1.165, 1.54) is 24.5 Å². The van der Waals surface area contributed by atoms with Crippen molar-refractivity contribution in [3.8, 4) is 45.3 Å². The summed E-state index contributed by atoms with van der Waals surface area (Å²) in [7, 11) is 0. The summed E-state index contributed by atoms with van der Waals surface area (Å²) in [5, 5.41) is 15.6. The minimum Gasteiger partial charge on any atom is -0.456 e. The Morgan fingerprint density at radius 3 is 1.16 bits per heavy atom. The normalized spacial score (nSPS) is 11.6. The van der Waals surface area contributed by atoms with Crippen molar-refractivity contribution in [3.05, 3.63) is 508 Å². The van der Waals surface area contributed by atoms with Crippen molar-refractivity contribution < 1.29 is 8.83 Å². The van der Waals surface area contributed by atoms with Gasteiger partial charge >= 0.3 is 0 Å². The summed E-state index contributed by atoms with van der Waals surface area (Å²) in [6.07, 6.45) is 11.2. The molecule has 0 fully saturated rings. The van der Waals surface area contributed by atoms with Gasteiger partial charge in [-0.1, -0.05) is 224 Å². The van der Waals surface area contributed by atoms with Gasteiger partial charge in [0.05, 0.1) is 71.7 Å². The lowest BCUT2D eigenvalue weighted by Gasteiger charge is -2.08. The summed E-state index contributed by atoms with van der Waals surface area (Å²) in [6.45, 7) is 0. The summed E-state index contributed by atoms with van der Waals surface area (Å²) in [5.41, 5.74) is 9.80. The van der Waals surface area contributed by atoms with Gasteiger partial charge in [-0.25, -0.2) is 18.3 Å². The third kappa shape index (κ3) is 13.4. The van der Waals surface area contributed by atoms with Crippen LogP contribution in [0.1, 0.15) is 0 Å². The largest absolute Gasteiger partial charge is 0.456 e. The Morgan fingerprint density at radius 1 is 0.181 bits per heavy atom. The smallest absolute Gasteiger partial charge is 0.284 e. The van der Waals surface area contributed by atoms with Crippen molar-refractivity contribution in [2.45, 2.75) is 0 Å². The predicted molar refractivity (Wildman–Crippen MR) is 553 cm³/mol. The zero-order valence-corrected chi connectivity index (χ0v) is 73.0. The second-order valence-electron chi connectivity index (χ2n) is 33.5. The van der Waals surface area contributed by atoms with Crippen molar-refractivity contribution in [1.82, 2.24) is 47.3 Å². The van der Waals surface area contributed by atoms with Gasteiger partial charge in [0.25, 0.3) is 44.5 Å². The number of rotatable bonds is 7. The molecule has 0 N–H and O–H groups in total. The summed E-state index contributed by atoms with van der Waals surface area (Å²) in [6, 6.07) is 121. The number of para-hydroxylation sites is 9. The molecular weight excluding hydrogens is 1720 g/mol. The first-order valence-electron chi connectivity index (χ1n) is 44.7. The van der Waals surface area contributed by atoms with Gasteiger partial charge in [-0.05, 0) is 190 Å². The van der Waals surface area contributed by atoms with E-state index in [0.717, 1.165) is 93.2 Å². The Labute approximate surface area is 778 Å². The molecule has 27 aromatic rings. The van der Waals surface area contributed by atoms with E-state index in [0.29, 0.717) is 120 Å². The zero-order chi connectivity index (χ0) is 92.9. The van der Waals surface area contributed by atoms with Gasteiger partial charge in [-0.15, -0.1) is 0 Å². The van der Waals surface area contributed by atoms with E-state index < -0.39 is 16.7 Å². The van der Waals surface area contributed by atoms with Crippen LogP contribution in [0.15, 0.2) is 473 Å². The number of hydrogen-bond acceptors (Lipinski definition) is 14. The standard InChI is InChI=1S/C37H23N3O2.C31H19N3O2.2C25H14N2O3/c41-36-34-28(21-22-32-33(34)30-14-7-8-16-31(30)39(32)26-12-5-2-6-13-26)29-15-9-23-38-35(29)37(42)40(36)27-19-17-25(18-20-27)24-10-3-1-4-11-24;35-30-23-15-16-32-19-27(23)24-18-29-25(17-26(24)31(36)34(30)21-11-5-2-6-12-21)22-13-7-8-14-28(22)33(29)20-9-3-1-4-10-20;28-24-20-12-19-17-8-4-5-9-22(17)30-23(19)13-18(20)16-10-11-26-14-21(16)25(29)27(24)15-6-2-1-3-7-15;28-24-19-12-13-26-14-20(19)17-10-11-18-16-8-4-5-9-21(16)30-23(18)22(17)25(29)27(24)15-6-2-1-3-7-15/h1-23H;1-19H;2*1-14H. The number of nitrogens with zero attached hydrogens (tertiary/aromatic N) is 10. The second kappa shape index (κ2) is 33.5. The van der Waals surface area contributed by atoms with E-state index in [2.05, 4.69) is 71.5 Å². The third-order valence-corrected chi connectivity index (χ3v) is 25.9. The lowest BCUT2D eigenvalue weighted by atomic mass is 10.0. The van der Waals surface area contributed by atoms with Gasteiger partial charge in [0.15, 0.2) is 0 Å². The van der Waals surface area contributed by atoms with Crippen LogP contribution in [0.2, 0.25) is 0 Å². The van der Waals surface area contributed by atoms with Crippen molar-refractivity contribution in [1.29, 1.82) is 0 Å². The van der Waals surface area contributed by atoms with E-state index in [4.69, 9.17) is 8.83 Å². The van der Waals surface area contributed by atoms with E-state index in [9.17, 15) is 38.4 Å². The summed E-state index contributed by atoms with van der Waals surface area (Å²) in [4.78, 5) is 128. The average Bonchev–Trinajstić information content (AvgIpc) is 1.54. The fourth-order valence-corrected chi connectivity index (χ4v) is 19.6. The number of aromatic nitrogens is 10. The minimum absolute atomic E-state index is 0.253. The number of fused-ring (bicyclic) bond motifs is 26. The van der Waals surface area contributed by atoms with Gasteiger partial charge in [0.1, 0.15) is 27.8 Å². The number of hydrogen-bond donors (Lipinski definition) is 0. The highest BCUT2D eigenvalue weighted by Gasteiger charge is 2.26. The van der Waals surface area contributed by atoms with E-state index >= 15 is 0 Å². The average molecular weight is 1790 g/mol. The summed E-state index contributed by atoms with van der Waals surface area (Å²) < 4.78 is 21.5. The molecule has 0 saturated carbocycles. The van der Waals surface area contributed by atoms with E-state index in [-0.39, 0.29) is 33.3 Å². The highest BCUT2D eigenvalue weighted by atomic mass is 16.3. The van der Waals surface area contributed by atoms with Crippen LogP contribution in [-0.2, 0) is 0 Å². The van der Waals surface area contributed by atoms with Crippen molar-refractivity contribution in [2.24, 2.45) is 0 Å². The first kappa shape index (κ1) is 81.9. The fourth-order valence-electron chi connectivity index (χ4n) is 19.6. The first-order chi connectivity index (χ1) is 67.9. The van der Waals surface area contributed by atoms with Gasteiger partial charge in [0.2, 0.25) is 0 Å². The molecule has 0 aliphatic carbocycles. The highest BCUT2D eigenvalue weighted by molar-refractivity contribution is 6.25. The molecule has 0 spiro atoms. The van der Waals surface area contributed by atoms with Gasteiger partial charge in [-0.2, -0.15) is 0 Å². The third-order valence-electron chi connectivity index (χ3n) is 25.9. The van der Waals surface area contributed by atoms with Crippen molar-refractivity contribution >= 4 is 174 Å². The molecule has 0 aliphatic rings. The van der Waals surface area contributed by atoms with Crippen LogP contribution in [0.5, 0.6) is 0 Å². The summed E-state index contributed by atoms with van der Waals surface area (Å²) in [5.74, 6) is 0. The number of furan rings is 2. The molecule has 0 bridgehead atoms. The zero-order valence-electron chi connectivity index (χ0n) is 73.0. The topological polar surface area (TPSA) is 244 Å². The molecule has 0 amide bonds. The minimum atomic E-state index is -0.445. The highest BCUT2D eigenvalue weighted by Crippen LogP contribution is 2.41. The molecule has 12 aromatic heterocycles. The molecule has 0 aliphatic heterocycles. The van der Waals surface area contributed by atoms with Crippen LogP contribution in [0.25, 0.3) is 219 Å². The molecule has 652 valence electrons. The molecule has 138 heavy (non-hydrogen) atoms. The molecule has 15 aromatic carbocycles. The lowest BCUT2D eigenvalue weighted by molar-refractivity contribution is 0.669. The molecule has 27 rings (SSSR count). The van der Waals surface area contributed by atoms with Crippen LogP contribution in [0, 0.1) is 0 Å². The maximum Gasteiger partial charge on any atom is 0.284 e. The van der Waals surface area contributed by atoms with Crippen LogP contribution in [0.3, 0.4) is 0 Å². The molecule has 20 nitrogen and oxygen atoms in total. The summed E-state index contributed by atoms with van der Waals surface area (Å²) >= 11 is 0. The molecule has 0 radical (unpaired) electrons. The van der Waals surface area contributed by atoms with Crippen LogP contribution < -0.4 is 44.5 Å². The van der Waals surface area contributed by atoms with E-state index in [1.54, 1.807) is 116 Å². The first-order valence-corrected chi connectivity index (χ1v) is 44.7. The maximum atomic E-state index is 14.7. The van der Waals surface area contributed by atoms with Crippen LogP contribution in [-0.4, -0.2) is 47.3 Å². The molecule has 0 atom stereocenters. The number of benzene rings is 15. The van der Waals surface area contributed by atoms with Gasteiger partial charge in [-0.3, -0.25) is 58.3 Å². The molecule has 0 saturated heterocycles. The van der Waals surface area contributed by atoms with Gasteiger partial charge < -0.3 is 18.0 Å². The fraction of sp³-hybridized carbons (Fsp3) is 0. The van der Waals surface area contributed by atoms with Crippen LogP contribution in [0.4, 0.5) is 0 Å². The molecule has 0 unspecified atom stereocenters. The Kier molecular flexibility index (Phi) is 19.9. The predicted octanol–water partition coefficient (Wildman–Crippen LogP) is 23.3. The Bertz CT molecular complexity index is 10300. The van der Waals surface area contributed by atoms with Gasteiger partial charge in [0, 0.05) is 130 Å². The Morgan fingerprint density at radius 2 is 0.572 bits per heavy atom. The monoisotopic (exact) mass is 1790 g/mol. The molecule has 20 heteroatoms. The Balaban J connectivity index is 0.000000101.